The van der Waals surface area contributed by atoms with E-state index in [1.165, 1.54) is 0 Å². The number of nitrogens with zero attached hydrogens (tertiary/aromatic N) is 1. The predicted octanol–water partition coefficient (Wildman–Crippen LogP) is 3.92. The number of anilines is 1. The van der Waals surface area contributed by atoms with Crippen molar-refractivity contribution in [2.24, 2.45) is 0 Å². The number of furan rings is 1. The maximum atomic E-state index is 11.8. The normalized spacial score (nSPS) is 11.9. The van der Waals surface area contributed by atoms with Crippen LogP contribution in [0.15, 0.2) is 65.7 Å². The third-order valence-corrected chi connectivity index (χ3v) is 3.67. The van der Waals surface area contributed by atoms with E-state index in [2.05, 4.69) is 22.2 Å². The number of hydrogen-bond donors (Lipinski definition) is 2. The monoisotopic (exact) mass is 321 g/mol. The summed E-state index contributed by atoms with van der Waals surface area (Å²) < 4.78 is 5.84. The van der Waals surface area contributed by atoms with E-state index in [4.69, 9.17) is 4.42 Å². The molecule has 5 heteroatoms. The minimum Gasteiger partial charge on any atom is -0.459 e. The number of rotatable bonds is 6. The number of nitrogens with one attached hydrogen (secondary N) is 2. The molecule has 1 amide bonds. The van der Waals surface area contributed by atoms with Gasteiger partial charge in [-0.3, -0.25) is 4.79 Å². The molecule has 2 heterocycles. The van der Waals surface area contributed by atoms with Crippen molar-refractivity contribution in [3.63, 3.8) is 0 Å². The third-order valence-electron chi connectivity index (χ3n) is 3.67. The van der Waals surface area contributed by atoms with E-state index >= 15 is 0 Å². The van der Waals surface area contributed by atoms with Gasteiger partial charge in [0.25, 0.3) is 5.91 Å². The van der Waals surface area contributed by atoms with Crippen LogP contribution in [0.3, 0.4) is 0 Å². The second-order valence-corrected chi connectivity index (χ2v) is 5.48. The summed E-state index contributed by atoms with van der Waals surface area (Å²) in [5.74, 6) is 1.35. The first-order chi connectivity index (χ1) is 11.7. The van der Waals surface area contributed by atoms with Crippen molar-refractivity contribution in [3.05, 3.63) is 72.6 Å². The molecule has 24 heavy (non-hydrogen) atoms. The molecule has 1 atom stereocenters. The zero-order valence-corrected chi connectivity index (χ0v) is 13.5. The minimum absolute atomic E-state index is 0.0367. The molecule has 2 N–H and O–H groups in total. The molecule has 122 valence electrons. The fourth-order valence-electron chi connectivity index (χ4n) is 2.39. The van der Waals surface area contributed by atoms with Crippen molar-refractivity contribution in [1.82, 2.24) is 10.3 Å². The number of para-hydroxylation sites is 1. The number of carbonyl (C=O) groups is 1. The van der Waals surface area contributed by atoms with Crippen LogP contribution in [0.5, 0.6) is 0 Å². The van der Waals surface area contributed by atoms with Crippen molar-refractivity contribution < 1.29 is 9.21 Å². The summed E-state index contributed by atoms with van der Waals surface area (Å²) in [7, 11) is 0. The van der Waals surface area contributed by atoms with Gasteiger partial charge in [0, 0.05) is 18.1 Å². The summed E-state index contributed by atoms with van der Waals surface area (Å²) in [6, 6.07) is 13.4. The van der Waals surface area contributed by atoms with Gasteiger partial charge in [0.05, 0.1) is 11.6 Å². The van der Waals surface area contributed by atoms with Crippen molar-refractivity contribution in [2.75, 3.05) is 11.9 Å². The fraction of sp³-hybridized carbons (Fsp3) is 0.158. The van der Waals surface area contributed by atoms with E-state index in [0.29, 0.717) is 17.9 Å². The van der Waals surface area contributed by atoms with E-state index in [1.54, 1.807) is 24.4 Å². The zero-order chi connectivity index (χ0) is 16.9. The topological polar surface area (TPSA) is 67.2 Å². The first-order valence-electron chi connectivity index (χ1n) is 7.77. The van der Waals surface area contributed by atoms with Gasteiger partial charge in [-0.25, -0.2) is 4.98 Å². The Morgan fingerprint density at radius 3 is 2.88 bits per heavy atom. The molecular weight excluding hydrogens is 302 g/mol. The lowest BCUT2D eigenvalue weighted by Crippen LogP contribution is -2.23. The van der Waals surface area contributed by atoms with Gasteiger partial charge in [-0.05, 0) is 31.2 Å². The van der Waals surface area contributed by atoms with Crippen LogP contribution in [0, 0.1) is 0 Å². The summed E-state index contributed by atoms with van der Waals surface area (Å²) in [6.45, 7) is 6.00. The van der Waals surface area contributed by atoms with Crippen LogP contribution in [0.25, 0.3) is 11.0 Å². The standard InChI is InChI=1S/C19H19N3O2/c1-3-10-20-19(23)15-8-9-18(21-12-15)22-13(2)17-11-14-6-4-5-7-16(14)24-17/h3-9,11-13H,1,10H2,2H3,(H,20,23)(H,21,22)/t13-/m1/s1. The van der Waals surface area contributed by atoms with Crippen molar-refractivity contribution in [3.8, 4) is 0 Å². The van der Waals surface area contributed by atoms with Crippen molar-refractivity contribution in [1.29, 1.82) is 0 Å². The Bertz CT molecular complexity index is 819. The van der Waals surface area contributed by atoms with Gasteiger partial charge in [-0.1, -0.05) is 24.3 Å². The molecule has 1 aromatic carbocycles. The van der Waals surface area contributed by atoms with Crippen molar-refractivity contribution >= 4 is 22.7 Å². The van der Waals surface area contributed by atoms with Gasteiger partial charge < -0.3 is 15.1 Å². The molecule has 0 radical (unpaired) electrons. The molecule has 0 saturated carbocycles. The lowest BCUT2D eigenvalue weighted by atomic mass is 10.2. The van der Waals surface area contributed by atoms with Crippen LogP contribution < -0.4 is 10.6 Å². The number of pyridine rings is 1. The highest BCUT2D eigenvalue weighted by atomic mass is 16.3. The van der Waals surface area contributed by atoms with E-state index in [9.17, 15) is 4.79 Å². The first-order valence-corrected chi connectivity index (χ1v) is 7.77. The Kier molecular flexibility index (Phi) is 4.61. The molecule has 0 unspecified atom stereocenters. The number of amides is 1. The van der Waals surface area contributed by atoms with Crippen LogP contribution in [0.2, 0.25) is 0 Å². The molecule has 0 spiro atoms. The van der Waals surface area contributed by atoms with E-state index < -0.39 is 0 Å². The molecule has 0 aliphatic rings. The molecule has 0 saturated heterocycles. The van der Waals surface area contributed by atoms with Gasteiger partial charge in [-0.2, -0.15) is 0 Å². The predicted molar refractivity (Wildman–Crippen MR) is 95.0 cm³/mol. The molecule has 3 aromatic rings. The smallest absolute Gasteiger partial charge is 0.253 e. The molecule has 3 rings (SSSR count). The van der Waals surface area contributed by atoms with Crippen LogP contribution in [-0.2, 0) is 0 Å². The third kappa shape index (κ3) is 3.46. The summed E-state index contributed by atoms with van der Waals surface area (Å²) in [5, 5.41) is 7.07. The first kappa shape index (κ1) is 15.8. The molecule has 2 aromatic heterocycles. The summed E-state index contributed by atoms with van der Waals surface area (Å²) in [6.07, 6.45) is 3.18. The maximum absolute atomic E-state index is 11.8. The number of aromatic nitrogens is 1. The van der Waals surface area contributed by atoms with Gasteiger partial charge >= 0.3 is 0 Å². The van der Waals surface area contributed by atoms with Crippen LogP contribution >= 0.6 is 0 Å². The summed E-state index contributed by atoms with van der Waals surface area (Å²) in [4.78, 5) is 16.1. The van der Waals surface area contributed by atoms with Crippen LogP contribution in [0.4, 0.5) is 5.82 Å². The Balaban J connectivity index is 1.68. The van der Waals surface area contributed by atoms with Gasteiger partial charge in [0.2, 0.25) is 0 Å². The number of benzene rings is 1. The number of carbonyl (C=O) groups excluding carboxylic acids is 1. The fourth-order valence-corrected chi connectivity index (χ4v) is 2.39. The summed E-state index contributed by atoms with van der Waals surface area (Å²) >= 11 is 0. The zero-order valence-electron chi connectivity index (χ0n) is 13.5. The Morgan fingerprint density at radius 2 is 2.17 bits per heavy atom. The lowest BCUT2D eigenvalue weighted by Gasteiger charge is -2.12. The average molecular weight is 321 g/mol. The van der Waals surface area contributed by atoms with Crippen molar-refractivity contribution in [2.45, 2.75) is 13.0 Å². The lowest BCUT2D eigenvalue weighted by molar-refractivity contribution is 0.0957. The maximum Gasteiger partial charge on any atom is 0.253 e. The van der Waals surface area contributed by atoms with Gasteiger partial charge in [0.15, 0.2) is 0 Å². The molecule has 0 bridgehead atoms. The Morgan fingerprint density at radius 1 is 1.33 bits per heavy atom. The van der Waals surface area contributed by atoms with E-state index in [0.717, 1.165) is 16.7 Å². The van der Waals surface area contributed by atoms with Crippen LogP contribution in [-0.4, -0.2) is 17.4 Å². The number of fused-ring (bicyclic) bond motifs is 1. The van der Waals surface area contributed by atoms with E-state index in [-0.39, 0.29) is 11.9 Å². The quantitative estimate of drug-likeness (QED) is 0.675. The minimum atomic E-state index is -0.167. The average Bonchev–Trinajstić information content (AvgIpc) is 3.04. The highest BCUT2D eigenvalue weighted by Gasteiger charge is 2.12. The van der Waals surface area contributed by atoms with Gasteiger partial charge in [-0.15, -0.1) is 6.58 Å². The molecule has 0 aliphatic carbocycles. The van der Waals surface area contributed by atoms with Crippen LogP contribution in [0.1, 0.15) is 29.1 Å². The SMILES string of the molecule is C=CCNC(=O)c1ccc(N[C@H](C)c2cc3ccccc3o2)nc1. The Hall–Kier alpha value is -3.08. The Labute approximate surface area is 140 Å². The highest BCUT2D eigenvalue weighted by Crippen LogP contribution is 2.25. The summed E-state index contributed by atoms with van der Waals surface area (Å²) in [5.41, 5.74) is 1.38. The van der Waals surface area contributed by atoms with Gasteiger partial charge in [0.1, 0.15) is 17.2 Å². The second kappa shape index (κ2) is 7.00. The second-order valence-electron chi connectivity index (χ2n) is 5.48. The molecule has 0 fully saturated rings. The highest BCUT2D eigenvalue weighted by molar-refractivity contribution is 5.94. The molecular formula is C19H19N3O2. The van der Waals surface area contributed by atoms with E-state index in [1.807, 2.05) is 37.3 Å². The number of hydrogen-bond acceptors (Lipinski definition) is 4. The largest absolute Gasteiger partial charge is 0.459 e. The molecule has 5 nitrogen and oxygen atoms in total. The molecule has 0 aliphatic heterocycles.